The van der Waals surface area contributed by atoms with Gasteiger partial charge in [-0.15, -0.1) is 0 Å². The lowest BCUT2D eigenvalue weighted by Crippen LogP contribution is -2.14. The number of fused-ring (bicyclic) bond motifs is 1. The molecule has 0 aliphatic heterocycles. The molecule has 1 aliphatic carbocycles. The van der Waals surface area contributed by atoms with Crippen LogP contribution in [-0.4, -0.2) is 22.3 Å². The summed E-state index contributed by atoms with van der Waals surface area (Å²) in [6, 6.07) is 0. The molecule has 3 rings (SSSR count). The highest BCUT2D eigenvalue weighted by atomic mass is 35.5. The van der Waals surface area contributed by atoms with Gasteiger partial charge in [-0.3, -0.25) is 9.39 Å². The van der Waals surface area contributed by atoms with Crippen LogP contribution in [0.1, 0.15) is 17.3 Å². The van der Waals surface area contributed by atoms with E-state index >= 15 is 0 Å². The first-order valence-corrected chi connectivity index (χ1v) is 7.34. The Bertz CT molecular complexity index is 902. The highest BCUT2D eigenvalue weighted by Gasteiger charge is 2.30. The summed E-state index contributed by atoms with van der Waals surface area (Å²) in [7, 11) is 0. The molecule has 24 heavy (non-hydrogen) atoms. The normalized spacial score (nSPS) is 22.0. The molecule has 0 saturated carbocycles. The van der Waals surface area contributed by atoms with Crippen molar-refractivity contribution >= 4 is 29.9 Å². The number of alkyl halides is 1. The van der Waals surface area contributed by atoms with Crippen LogP contribution in [0.25, 0.3) is 11.5 Å². The van der Waals surface area contributed by atoms with E-state index in [1.54, 1.807) is 10.6 Å². The lowest BCUT2D eigenvalue weighted by molar-refractivity contribution is 0.357. The first kappa shape index (κ1) is 16.2. The molecule has 2 aromatic rings. The van der Waals surface area contributed by atoms with E-state index in [1.165, 1.54) is 30.6 Å². The molecule has 0 fully saturated rings. The summed E-state index contributed by atoms with van der Waals surface area (Å²) >= 11 is 5.64. The molecule has 2 aromatic heterocycles. The smallest absolute Gasteiger partial charge is 0.306 e. The molecule has 2 atom stereocenters. The molecule has 0 spiro atoms. The summed E-state index contributed by atoms with van der Waals surface area (Å²) in [5.74, 6) is -1.15. The zero-order valence-corrected chi connectivity index (χ0v) is 13.1. The van der Waals surface area contributed by atoms with Crippen molar-refractivity contribution in [1.29, 1.82) is 0 Å². The van der Waals surface area contributed by atoms with E-state index in [1.807, 2.05) is 0 Å². The Balaban J connectivity index is 2.18. The van der Waals surface area contributed by atoms with Gasteiger partial charge in [-0.2, -0.15) is 4.98 Å². The second-order valence-electron chi connectivity index (χ2n) is 5.04. The van der Waals surface area contributed by atoms with Crippen LogP contribution in [0.15, 0.2) is 63.2 Å². The topological polar surface area (TPSA) is 68.8 Å². The van der Waals surface area contributed by atoms with Crippen LogP contribution in [0.5, 0.6) is 0 Å². The van der Waals surface area contributed by atoms with Gasteiger partial charge >= 0.3 is 5.84 Å². The fourth-order valence-corrected chi connectivity index (χ4v) is 2.57. The average molecular weight is 351 g/mol. The van der Waals surface area contributed by atoms with Gasteiger partial charge < -0.3 is 10.2 Å². The number of oxazole rings is 1. The number of nitrogens with two attached hydrogens (primary N) is 1. The van der Waals surface area contributed by atoms with Crippen molar-refractivity contribution in [2.75, 3.05) is 0 Å². The number of hydrogen-bond acceptors (Lipinski definition) is 4. The predicted molar refractivity (Wildman–Crippen MR) is 89.1 cm³/mol. The van der Waals surface area contributed by atoms with Gasteiger partial charge in [0.25, 0.3) is 0 Å². The van der Waals surface area contributed by atoms with E-state index in [4.69, 9.17) is 21.8 Å². The van der Waals surface area contributed by atoms with Crippen molar-refractivity contribution in [3.8, 4) is 0 Å². The van der Waals surface area contributed by atoms with Crippen LogP contribution in [-0.2, 0) is 0 Å². The number of imidazole rings is 1. The Morgan fingerprint density at radius 1 is 1.50 bits per heavy atom. The van der Waals surface area contributed by atoms with Gasteiger partial charge in [0, 0.05) is 6.20 Å². The van der Waals surface area contributed by atoms with Crippen molar-refractivity contribution in [3.05, 3.63) is 65.2 Å². The molecule has 2 heterocycles. The fraction of sp³-hybridized carbons (Fsp3) is 0.125. The van der Waals surface area contributed by atoms with E-state index in [-0.39, 0.29) is 11.0 Å². The minimum absolute atomic E-state index is 0.0524. The molecule has 2 unspecified atom stereocenters. The van der Waals surface area contributed by atoms with E-state index in [0.29, 0.717) is 17.1 Å². The van der Waals surface area contributed by atoms with Crippen LogP contribution >= 0.6 is 11.6 Å². The van der Waals surface area contributed by atoms with Gasteiger partial charge in [-0.05, 0) is 31.0 Å². The van der Waals surface area contributed by atoms with Crippen LogP contribution in [0, 0.1) is 0 Å². The molecule has 0 bridgehead atoms. The van der Waals surface area contributed by atoms with Crippen molar-refractivity contribution < 1.29 is 13.2 Å². The number of aromatic nitrogens is 2. The Labute approximate surface area is 141 Å². The molecule has 1 aliphatic rings. The molecular formula is C16H13ClF2N4O. The standard InChI is InChI=1S/C16H13ClF2N4O/c1-21-12(4-5-13(17)20)15-14(22-16-23(15)6-7-24-16)10-3-2-9(18)8-11(10)19/h2-8,10-11H,1,20H2/b12-4-,13-5-. The predicted octanol–water partition coefficient (Wildman–Crippen LogP) is 3.85. The van der Waals surface area contributed by atoms with E-state index in [9.17, 15) is 8.78 Å². The lowest BCUT2D eigenvalue weighted by atomic mass is 9.93. The molecule has 0 radical (unpaired) electrons. The van der Waals surface area contributed by atoms with Gasteiger partial charge in [-0.1, -0.05) is 17.7 Å². The summed E-state index contributed by atoms with van der Waals surface area (Å²) in [5, 5.41) is 0.0524. The quantitative estimate of drug-likeness (QED) is 0.517. The Hall–Kier alpha value is -2.67. The maximum absolute atomic E-state index is 14.3. The van der Waals surface area contributed by atoms with E-state index < -0.39 is 17.9 Å². The average Bonchev–Trinajstić information content (AvgIpc) is 3.09. The largest absolute Gasteiger partial charge is 0.432 e. The summed E-state index contributed by atoms with van der Waals surface area (Å²) in [6.07, 6.45) is 7.97. The summed E-state index contributed by atoms with van der Waals surface area (Å²) in [5.41, 5.74) is 6.61. The molecule has 8 heteroatoms. The summed E-state index contributed by atoms with van der Waals surface area (Å²) in [4.78, 5) is 8.25. The Morgan fingerprint density at radius 3 is 2.96 bits per heavy atom. The number of halogens is 3. The third-order valence-electron chi connectivity index (χ3n) is 3.54. The Morgan fingerprint density at radius 2 is 2.29 bits per heavy atom. The minimum Gasteiger partial charge on any atom is -0.432 e. The van der Waals surface area contributed by atoms with Crippen molar-refractivity contribution in [3.63, 3.8) is 0 Å². The zero-order chi connectivity index (χ0) is 17.3. The van der Waals surface area contributed by atoms with Crippen molar-refractivity contribution in [2.45, 2.75) is 12.1 Å². The van der Waals surface area contributed by atoms with E-state index in [2.05, 4.69) is 16.7 Å². The third-order valence-corrected chi connectivity index (χ3v) is 3.67. The molecule has 0 saturated heterocycles. The molecule has 2 N–H and O–H groups in total. The van der Waals surface area contributed by atoms with Gasteiger partial charge in [0.05, 0.1) is 28.2 Å². The van der Waals surface area contributed by atoms with Gasteiger partial charge in [-0.25, -0.2) is 8.78 Å². The van der Waals surface area contributed by atoms with Gasteiger partial charge in [0.2, 0.25) is 0 Å². The highest BCUT2D eigenvalue weighted by molar-refractivity contribution is 6.29. The number of aliphatic imine (C=N–C) groups is 1. The number of hydrogen-bond donors (Lipinski definition) is 1. The highest BCUT2D eigenvalue weighted by Crippen LogP contribution is 2.35. The minimum atomic E-state index is -1.56. The van der Waals surface area contributed by atoms with Crippen LogP contribution in [0.4, 0.5) is 8.78 Å². The first-order valence-electron chi connectivity index (χ1n) is 6.96. The van der Waals surface area contributed by atoms with Crippen LogP contribution < -0.4 is 5.73 Å². The molecular weight excluding hydrogens is 338 g/mol. The number of rotatable bonds is 4. The second kappa shape index (κ2) is 6.45. The third kappa shape index (κ3) is 2.90. The van der Waals surface area contributed by atoms with E-state index in [0.717, 1.165) is 6.08 Å². The zero-order valence-electron chi connectivity index (χ0n) is 12.4. The maximum atomic E-state index is 14.3. The SMILES string of the molecule is C=N/C(=C\C=C(/N)Cl)c1c(C2C=CC(F)=CC2F)nc2occn12. The monoisotopic (exact) mass is 350 g/mol. The second-order valence-corrected chi connectivity index (χ2v) is 5.48. The Kier molecular flexibility index (Phi) is 4.35. The van der Waals surface area contributed by atoms with Crippen LogP contribution in [0.2, 0.25) is 0 Å². The van der Waals surface area contributed by atoms with Crippen molar-refractivity contribution in [2.24, 2.45) is 10.7 Å². The molecule has 0 amide bonds. The number of nitrogens with zero attached hydrogens (tertiary/aromatic N) is 3. The first-order chi connectivity index (χ1) is 11.5. The maximum Gasteiger partial charge on any atom is 0.306 e. The lowest BCUT2D eigenvalue weighted by Gasteiger charge is -2.17. The summed E-state index contributed by atoms with van der Waals surface area (Å²) < 4.78 is 34.4. The molecule has 124 valence electrons. The molecule has 0 aromatic carbocycles. The van der Waals surface area contributed by atoms with Gasteiger partial charge in [0.15, 0.2) is 0 Å². The fourth-order valence-electron chi connectivity index (χ4n) is 2.51. The molecule has 5 nitrogen and oxygen atoms in total. The number of allylic oxidation sites excluding steroid dienone is 6. The van der Waals surface area contributed by atoms with Gasteiger partial charge in [0.1, 0.15) is 18.3 Å². The summed E-state index contributed by atoms with van der Waals surface area (Å²) in [6.45, 7) is 3.52. The van der Waals surface area contributed by atoms with Crippen LogP contribution in [0.3, 0.4) is 0 Å². The van der Waals surface area contributed by atoms with Crippen molar-refractivity contribution in [1.82, 2.24) is 9.38 Å².